The molecular weight excluding hydrogens is 560 g/mol. The van der Waals surface area contributed by atoms with Gasteiger partial charge in [0, 0.05) is 6.42 Å². The molecule has 0 aliphatic carbocycles. The molecule has 0 heterocycles. The summed E-state index contributed by atoms with van der Waals surface area (Å²) in [5.74, 6) is -1.52. The van der Waals surface area contributed by atoms with Crippen LogP contribution in [0.4, 0.5) is 4.79 Å². The number of ether oxygens (including phenoxy) is 3. The van der Waals surface area contributed by atoms with Crippen molar-refractivity contribution in [2.45, 2.75) is 161 Å². The van der Waals surface area contributed by atoms with E-state index in [0.29, 0.717) is 19.3 Å². The maximum Gasteiger partial charge on any atom is 0.408 e. The van der Waals surface area contributed by atoms with Gasteiger partial charge >= 0.3 is 18.0 Å². The minimum absolute atomic E-state index is 0.0735. The summed E-state index contributed by atoms with van der Waals surface area (Å²) >= 11 is 0. The summed E-state index contributed by atoms with van der Waals surface area (Å²) in [5, 5.41) is 2.61. The van der Waals surface area contributed by atoms with Gasteiger partial charge in [-0.25, -0.2) is 9.59 Å². The molecule has 0 aliphatic heterocycles. The lowest BCUT2D eigenvalue weighted by molar-refractivity contribution is -0.153. The van der Waals surface area contributed by atoms with Gasteiger partial charge in [-0.2, -0.15) is 0 Å². The second-order valence-electron chi connectivity index (χ2n) is 12.6. The molecule has 9 heteroatoms. The number of nitrogens with one attached hydrogen (secondary N) is 1. The SMILES string of the molecule is CCCCCCCCCCCCC[C@@H](CC(N)=O)OC(=O)C(CCCCC(=O)OCc1ccccc1)NC(=O)OC(C)(C)C. The van der Waals surface area contributed by atoms with Crippen LogP contribution in [0, 0.1) is 0 Å². The van der Waals surface area contributed by atoms with E-state index in [1.54, 1.807) is 20.8 Å². The molecule has 1 aromatic carbocycles. The lowest BCUT2D eigenvalue weighted by Gasteiger charge is -2.24. The largest absolute Gasteiger partial charge is 0.461 e. The van der Waals surface area contributed by atoms with Crippen LogP contribution in [0.3, 0.4) is 0 Å². The lowest BCUT2D eigenvalue weighted by Crippen LogP contribution is -2.45. The van der Waals surface area contributed by atoms with E-state index in [0.717, 1.165) is 24.8 Å². The Bertz CT molecular complexity index is 946. The standard InChI is InChI=1S/C35H58N2O7/c1-5-6-7-8-9-10-11-12-13-14-18-23-29(26-31(36)38)43-33(40)30(37-34(41)44-35(2,3)4)24-19-20-25-32(39)42-27-28-21-16-15-17-22-28/h15-17,21-22,29-30H,5-14,18-20,23-27H2,1-4H3,(H2,36,38)(H,37,41)/t29-,30?/m0/s1. The Morgan fingerprint density at radius 3 is 1.93 bits per heavy atom. The predicted molar refractivity (Wildman–Crippen MR) is 173 cm³/mol. The number of amides is 2. The number of hydrogen-bond donors (Lipinski definition) is 2. The molecule has 9 nitrogen and oxygen atoms in total. The molecule has 1 rings (SSSR count). The fourth-order valence-electron chi connectivity index (χ4n) is 4.84. The average molecular weight is 619 g/mol. The van der Waals surface area contributed by atoms with E-state index in [4.69, 9.17) is 19.9 Å². The van der Waals surface area contributed by atoms with Crippen LogP contribution in [-0.2, 0) is 35.2 Å². The molecule has 0 radical (unpaired) electrons. The Kier molecular flexibility index (Phi) is 20.6. The highest BCUT2D eigenvalue weighted by molar-refractivity contribution is 5.82. The van der Waals surface area contributed by atoms with Gasteiger partial charge in [0.1, 0.15) is 24.4 Å². The van der Waals surface area contributed by atoms with Crippen molar-refractivity contribution in [3.05, 3.63) is 35.9 Å². The molecular formula is C35H58N2O7. The van der Waals surface area contributed by atoms with Crippen molar-refractivity contribution in [2.75, 3.05) is 0 Å². The lowest BCUT2D eigenvalue weighted by atomic mass is 10.0. The number of alkyl carbamates (subject to hydrolysis) is 1. The molecule has 1 aromatic rings. The first-order chi connectivity index (χ1) is 21.0. The zero-order valence-electron chi connectivity index (χ0n) is 27.7. The number of rotatable bonds is 24. The predicted octanol–water partition coefficient (Wildman–Crippen LogP) is 7.67. The Balaban J connectivity index is 2.55. The van der Waals surface area contributed by atoms with Gasteiger partial charge < -0.3 is 25.3 Å². The van der Waals surface area contributed by atoms with Crippen molar-refractivity contribution in [3.63, 3.8) is 0 Å². The van der Waals surface area contributed by atoms with Crippen LogP contribution in [0.25, 0.3) is 0 Å². The van der Waals surface area contributed by atoms with Gasteiger partial charge in [0.05, 0.1) is 6.42 Å². The molecule has 0 bridgehead atoms. The van der Waals surface area contributed by atoms with Crippen LogP contribution in [0.1, 0.15) is 142 Å². The molecule has 2 atom stereocenters. The summed E-state index contributed by atoms with van der Waals surface area (Å²) < 4.78 is 16.4. The van der Waals surface area contributed by atoms with E-state index in [1.165, 1.54) is 51.4 Å². The summed E-state index contributed by atoms with van der Waals surface area (Å²) in [6.45, 7) is 7.63. The van der Waals surface area contributed by atoms with Gasteiger partial charge in [0.15, 0.2) is 0 Å². The van der Waals surface area contributed by atoms with Crippen molar-refractivity contribution in [2.24, 2.45) is 5.73 Å². The molecule has 0 aromatic heterocycles. The normalized spacial score (nSPS) is 12.6. The number of nitrogens with two attached hydrogens (primary N) is 1. The Morgan fingerprint density at radius 1 is 0.795 bits per heavy atom. The van der Waals surface area contributed by atoms with E-state index in [9.17, 15) is 19.2 Å². The molecule has 250 valence electrons. The van der Waals surface area contributed by atoms with Crippen LogP contribution in [0.5, 0.6) is 0 Å². The van der Waals surface area contributed by atoms with Crippen molar-refractivity contribution in [1.29, 1.82) is 0 Å². The second-order valence-corrected chi connectivity index (χ2v) is 12.6. The summed E-state index contributed by atoms with van der Waals surface area (Å²) in [6.07, 6.45) is 13.5. The molecule has 1 unspecified atom stereocenters. The quantitative estimate of drug-likeness (QED) is 0.0689. The first-order valence-corrected chi connectivity index (χ1v) is 16.7. The van der Waals surface area contributed by atoms with E-state index in [2.05, 4.69) is 12.2 Å². The van der Waals surface area contributed by atoms with E-state index >= 15 is 0 Å². The maximum absolute atomic E-state index is 13.2. The van der Waals surface area contributed by atoms with Crippen molar-refractivity contribution >= 4 is 23.9 Å². The number of esters is 2. The fraction of sp³-hybridized carbons (Fsp3) is 0.714. The van der Waals surface area contributed by atoms with Gasteiger partial charge in [-0.15, -0.1) is 0 Å². The smallest absolute Gasteiger partial charge is 0.408 e. The Labute approximate surface area is 265 Å². The number of carbonyl (C=O) groups is 4. The van der Waals surface area contributed by atoms with E-state index < -0.39 is 35.7 Å². The van der Waals surface area contributed by atoms with Crippen molar-refractivity contribution < 1.29 is 33.4 Å². The first-order valence-electron chi connectivity index (χ1n) is 16.7. The van der Waals surface area contributed by atoms with Crippen molar-refractivity contribution in [3.8, 4) is 0 Å². The molecule has 2 amide bonds. The zero-order chi connectivity index (χ0) is 32.6. The molecule has 0 spiro atoms. The zero-order valence-corrected chi connectivity index (χ0v) is 27.7. The molecule has 0 saturated heterocycles. The summed E-state index contributed by atoms with van der Waals surface area (Å²) in [4.78, 5) is 49.6. The maximum atomic E-state index is 13.2. The van der Waals surface area contributed by atoms with Gasteiger partial charge in [-0.3, -0.25) is 9.59 Å². The van der Waals surface area contributed by atoms with Crippen LogP contribution in [0.2, 0.25) is 0 Å². The summed E-state index contributed by atoms with van der Waals surface area (Å²) in [6, 6.07) is 8.44. The Morgan fingerprint density at radius 2 is 1.36 bits per heavy atom. The number of carbonyl (C=O) groups excluding carboxylic acids is 4. The van der Waals surface area contributed by atoms with E-state index in [1.807, 2.05) is 30.3 Å². The molecule has 3 N–H and O–H groups in total. The van der Waals surface area contributed by atoms with Gasteiger partial charge in [0.25, 0.3) is 0 Å². The van der Waals surface area contributed by atoms with Gasteiger partial charge in [-0.05, 0) is 52.0 Å². The highest BCUT2D eigenvalue weighted by atomic mass is 16.6. The third kappa shape index (κ3) is 21.6. The van der Waals surface area contributed by atoms with E-state index in [-0.39, 0.29) is 31.8 Å². The molecule has 0 aliphatic rings. The fourth-order valence-corrected chi connectivity index (χ4v) is 4.84. The second kappa shape index (κ2) is 23.3. The van der Waals surface area contributed by atoms with Crippen molar-refractivity contribution in [1.82, 2.24) is 5.32 Å². The van der Waals surface area contributed by atoms with Gasteiger partial charge in [0.2, 0.25) is 5.91 Å². The topological polar surface area (TPSA) is 134 Å². The number of primary amides is 1. The molecule has 0 fully saturated rings. The highest BCUT2D eigenvalue weighted by Gasteiger charge is 2.28. The summed E-state index contributed by atoms with van der Waals surface area (Å²) in [7, 11) is 0. The Hall–Kier alpha value is -3.10. The molecule has 0 saturated carbocycles. The van der Waals surface area contributed by atoms with Crippen LogP contribution in [0.15, 0.2) is 30.3 Å². The first kappa shape index (κ1) is 38.9. The number of unbranched alkanes of at least 4 members (excludes halogenated alkanes) is 11. The minimum atomic E-state index is -0.988. The molecule has 44 heavy (non-hydrogen) atoms. The van der Waals surface area contributed by atoms with Crippen LogP contribution < -0.4 is 11.1 Å². The van der Waals surface area contributed by atoms with Gasteiger partial charge in [-0.1, -0.05) is 108 Å². The third-order valence-corrected chi connectivity index (χ3v) is 7.18. The summed E-state index contributed by atoms with van der Waals surface area (Å²) in [5.41, 5.74) is 5.61. The van der Waals surface area contributed by atoms with Crippen LogP contribution >= 0.6 is 0 Å². The van der Waals surface area contributed by atoms with Crippen LogP contribution in [-0.4, -0.2) is 41.7 Å². The monoisotopic (exact) mass is 618 g/mol. The third-order valence-electron chi connectivity index (χ3n) is 7.18. The average Bonchev–Trinajstić information content (AvgIpc) is 2.95. The number of benzene rings is 1. The minimum Gasteiger partial charge on any atom is -0.461 e. The highest BCUT2D eigenvalue weighted by Crippen LogP contribution is 2.17. The number of hydrogen-bond acceptors (Lipinski definition) is 7.